The molecule has 1 N–H and O–H groups in total. The normalized spacial score (nSPS) is 16.0. The van der Waals surface area contributed by atoms with E-state index in [-0.39, 0.29) is 5.82 Å². The van der Waals surface area contributed by atoms with Crippen LogP contribution in [-0.4, -0.2) is 25.2 Å². The number of nitrogens with zero attached hydrogens (tertiary/aromatic N) is 1. The number of aromatic nitrogens is 1. The first-order valence-corrected chi connectivity index (χ1v) is 7.49. The van der Waals surface area contributed by atoms with E-state index in [9.17, 15) is 9.18 Å². The summed E-state index contributed by atoms with van der Waals surface area (Å²) in [6.45, 7) is 2.76. The van der Waals surface area contributed by atoms with E-state index < -0.39 is 0 Å². The van der Waals surface area contributed by atoms with Crippen molar-refractivity contribution in [3.63, 3.8) is 0 Å². The minimum atomic E-state index is -0.246. The van der Waals surface area contributed by atoms with Crippen LogP contribution in [0.15, 0.2) is 30.3 Å². The Labute approximate surface area is 130 Å². The van der Waals surface area contributed by atoms with Crippen molar-refractivity contribution in [1.29, 1.82) is 0 Å². The molecule has 1 amide bonds. The van der Waals surface area contributed by atoms with Gasteiger partial charge in [-0.05, 0) is 47.4 Å². The number of carbonyl (C=O) groups excluding carboxylic acids is 1. The van der Waals surface area contributed by atoms with Crippen LogP contribution in [0.1, 0.15) is 24.1 Å². The number of carbonyl (C=O) groups is 1. The molecule has 0 spiro atoms. The van der Waals surface area contributed by atoms with E-state index >= 15 is 0 Å². The third kappa shape index (κ3) is 2.89. The monoisotopic (exact) mass is 295 g/mol. The van der Waals surface area contributed by atoms with Crippen LogP contribution in [0.4, 0.5) is 4.39 Å². The van der Waals surface area contributed by atoms with Gasteiger partial charge in [-0.25, -0.2) is 4.39 Å². The predicted molar refractivity (Wildman–Crippen MR) is 86.0 cm³/mol. The van der Waals surface area contributed by atoms with Crippen LogP contribution < -0.4 is 10.8 Å². The Kier molecular flexibility index (Phi) is 4.23. The quantitative estimate of drug-likeness (QED) is 0.521. The first kappa shape index (κ1) is 14.8. The van der Waals surface area contributed by atoms with Crippen molar-refractivity contribution in [2.75, 3.05) is 6.54 Å². The van der Waals surface area contributed by atoms with Crippen molar-refractivity contribution < 1.29 is 9.18 Å². The lowest BCUT2D eigenvalue weighted by atomic mass is 9.70. The van der Waals surface area contributed by atoms with Gasteiger partial charge in [0.15, 0.2) is 7.28 Å². The molecule has 1 aliphatic rings. The Hall–Kier alpha value is -2.17. The average molecular weight is 295 g/mol. The fourth-order valence-corrected chi connectivity index (χ4v) is 2.89. The zero-order chi connectivity index (χ0) is 15.5. The molecular formula is C17H17BFN2O. The number of amides is 1. The van der Waals surface area contributed by atoms with Gasteiger partial charge in [0.2, 0.25) is 6.41 Å². The molecule has 2 aromatic rings. The predicted octanol–water partition coefficient (Wildman–Crippen LogP) is 2.04. The molecule has 1 aromatic carbocycles. The highest BCUT2D eigenvalue weighted by Gasteiger charge is 2.24. The Balaban J connectivity index is 2.02. The SMILES string of the molecule is CC1C[B]c2c1cc(CCNC=O)nc2-c1ccc(F)cc1. The van der Waals surface area contributed by atoms with Crippen LogP contribution in [0.2, 0.25) is 6.32 Å². The average Bonchev–Trinajstić information content (AvgIpc) is 2.89. The lowest BCUT2D eigenvalue weighted by molar-refractivity contribution is -0.109. The first-order chi connectivity index (χ1) is 10.7. The van der Waals surface area contributed by atoms with Gasteiger partial charge in [-0.3, -0.25) is 9.78 Å². The molecule has 111 valence electrons. The molecule has 3 nitrogen and oxygen atoms in total. The number of nitrogens with one attached hydrogen (secondary N) is 1. The zero-order valence-electron chi connectivity index (χ0n) is 12.5. The highest BCUT2D eigenvalue weighted by Crippen LogP contribution is 2.28. The summed E-state index contributed by atoms with van der Waals surface area (Å²) in [6.07, 6.45) is 2.39. The smallest absolute Gasteiger partial charge is 0.207 e. The first-order valence-electron chi connectivity index (χ1n) is 7.49. The van der Waals surface area contributed by atoms with Gasteiger partial charge >= 0.3 is 0 Å². The highest BCUT2D eigenvalue weighted by atomic mass is 19.1. The van der Waals surface area contributed by atoms with Crippen molar-refractivity contribution in [2.45, 2.75) is 25.6 Å². The van der Waals surface area contributed by atoms with E-state index in [1.54, 1.807) is 12.1 Å². The standard InChI is InChI=1S/C17H17BFN2O/c1-11-9-18-16-15(11)8-14(6-7-20-10-22)21-17(16)12-2-4-13(19)5-3-12/h2-5,8,10-11H,6-7,9H2,1H3,(H,20,22). The van der Waals surface area contributed by atoms with Crippen LogP contribution in [0, 0.1) is 5.82 Å². The molecule has 3 rings (SSSR count). The number of fused-ring (bicyclic) bond motifs is 1. The summed E-state index contributed by atoms with van der Waals surface area (Å²) >= 11 is 0. The van der Waals surface area contributed by atoms with Crippen LogP contribution in [0.25, 0.3) is 11.3 Å². The number of hydrogen-bond donors (Lipinski definition) is 1. The third-order valence-corrected chi connectivity index (χ3v) is 4.08. The maximum atomic E-state index is 13.2. The molecule has 0 bridgehead atoms. The maximum Gasteiger partial charge on any atom is 0.207 e. The fourth-order valence-electron chi connectivity index (χ4n) is 2.89. The minimum Gasteiger partial charge on any atom is -0.358 e. The van der Waals surface area contributed by atoms with Gasteiger partial charge in [0.05, 0.1) is 5.69 Å². The molecule has 1 radical (unpaired) electrons. The van der Waals surface area contributed by atoms with Crippen LogP contribution in [0.5, 0.6) is 0 Å². The van der Waals surface area contributed by atoms with Crippen molar-refractivity contribution in [3.8, 4) is 11.3 Å². The Morgan fingerprint density at radius 1 is 1.41 bits per heavy atom. The summed E-state index contributed by atoms with van der Waals surface area (Å²) in [4.78, 5) is 15.1. The van der Waals surface area contributed by atoms with Gasteiger partial charge in [-0.1, -0.05) is 18.7 Å². The summed E-state index contributed by atoms with van der Waals surface area (Å²) < 4.78 is 13.2. The van der Waals surface area contributed by atoms with Crippen molar-refractivity contribution in [1.82, 2.24) is 10.3 Å². The number of rotatable bonds is 5. The lowest BCUT2D eigenvalue weighted by Gasteiger charge is -2.13. The third-order valence-electron chi connectivity index (χ3n) is 4.08. The summed E-state index contributed by atoms with van der Waals surface area (Å²) in [6, 6.07) is 8.58. The molecule has 0 saturated carbocycles. The molecule has 5 heteroatoms. The second-order valence-electron chi connectivity index (χ2n) is 5.63. The lowest BCUT2D eigenvalue weighted by Crippen LogP contribution is -2.20. The van der Waals surface area contributed by atoms with Crippen LogP contribution in [0.3, 0.4) is 0 Å². The molecule has 1 atom stereocenters. The van der Waals surface area contributed by atoms with E-state index in [2.05, 4.69) is 25.6 Å². The zero-order valence-corrected chi connectivity index (χ0v) is 12.5. The van der Waals surface area contributed by atoms with E-state index in [1.807, 2.05) is 0 Å². The van der Waals surface area contributed by atoms with Crippen molar-refractivity contribution in [2.24, 2.45) is 0 Å². The van der Waals surface area contributed by atoms with Gasteiger partial charge in [0.25, 0.3) is 0 Å². The maximum absolute atomic E-state index is 13.2. The van der Waals surface area contributed by atoms with Gasteiger partial charge < -0.3 is 5.32 Å². The molecule has 2 heterocycles. The van der Waals surface area contributed by atoms with Gasteiger partial charge in [0, 0.05) is 18.7 Å². The molecule has 0 saturated heterocycles. The van der Waals surface area contributed by atoms with E-state index in [1.165, 1.54) is 17.7 Å². The summed E-state index contributed by atoms with van der Waals surface area (Å²) in [5.74, 6) is 0.221. The van der Waals surface area contributed by atoms with Crippen LogP contribution in [-0.2, 0) is 11.2 Å². The molecule has 0 aliphatic carbocycles. The van der Waals surface area contributed by atoms with Crippen molar-refractivity contribution >= 4 is 19.2 Å². The summed E-state index contributed by atoms with van der Waals surface area (Å²) in [5, 5.41) is 2.66. The molecule has 1 unspecified atom stereocenters. The number of hydrogen-bond acceptors (Lipinski definition) is 2. The summed E-state index contributed by atoms with van der Waals surface area (Å²) in [5.41, 5.74) is 5.23. The molecule has 0 fully saturated rings. The Morgan fingerprint density at radius 3 is 2.91 bits per heavy atom. The van der Waals surface area contributed by atoms with Gasteiger partial charge in [-0.2, -0.15) is 0 Å². The Bertz CT molecular complexity index is 688. The summed E-state index contributed by atoms with van der Waals surface area (Å²) in [7, 11) is 2.21. The second kappa shape index (κ2) is 6.30. The van der Waals surface area contributed by atoms with Gasteiger partial charge in [-0.15, -0.1) is 0 Å². The van der Waals surface area contributed by atoms with E-state index in [0.717, 1.165) is 28.7 Å². The molecule has 1 aliphatic heterocycles. The van der Waals surface area contributed by atoms with Crippen molar-refractivity contribution in [3.05, 3.63) is 47.4 Å². The fraction of sp³-hybridized carbons (Fsp3) is 0.294. The largest absolute Gasteiger partial charge is 0.358 e. The topological polar surface area (TPSA) is 42.0 Å². The van der Waals surface area contributed by atoms with Gasteiger partial charge in [0.1, 0.15) is 5.82 Å². The number of pyridine rings is 1. The number of benzene rings is 1. The number of halogens is 1. The van der Waals surface area contributed by atoms with E-state index in [4.69, 9.17) is 4.98 Å². The van der Waals surface area contributed by atoms with E-state index in [0.29, 0.717) is 25.3 Å². The Morgan fingerprint density at radius 2 is 2.18 bits per heavy atom. The highest BCUT2D eigenvalue weighted by molar-refractivity contribution is 6.57. The second-order valence-corrected chi connectivity index (χ2v) is 5.63. The minimum absolute atomic E-state index is 0.246. The molecular weight excluding hydrogens is 278 g/mol. The molecule has 1 aromatic heterocycles. The van der Waals surface area contributed by atoms with Crippen LogP contribution >= 0.6 is 0 Å². The molecule has 22 heavy (non-hydrogen) atoms.